The van der Waals surface area contributed by atoms with Crippen LogP contribution >= 0.6 is 11.3 Å². The molecule has 1 aromatic heterocycles. The lowest BCUT2D eigenvalue weighted by Crippen LogP contribution is -2.33. The molecule has 1 aromatic rings. The number of carboxylic acid groups (broad SMARTS) is 1. The van der Waals surface area contributed by atoms with Gasteiger partial charge in [-0.2, -0.15) is 0 Å². The molecule has 0 aromatic carbocycles. The maximum Gasteiger partial charge on any atom is 0.313 e. The van der Waals surface area contributed by atoms with Gasteiger partial charge in [-0.25, -0.2) is 4.98 Å². The van der Waals surface area contributed by atoms with Crippen molar-refractivity contribution >= 4 is 17.3 Å². The fourth-order valence-electron chi connectivity index (χ4n) is 1.58. The van der Waals surface area contributed by atoms with Gasteiger partial charge in [-0.05, 0) is 7.05 Å². The first-order valence-electron chi connectivity index (χ1n) is 4.02. The molecule has 0 fully saturated rings. The lowest BCUT2D eigenvalue weighted by Gasteiger charge is -2.26. The number of carboxylic acids is 1. The van der Waals surface area contributed by atoms with Crippen LogP contribution in [0.5, 0.6) is 0 Å². The summed E-state index contributed by atoms with van der Waals surface area (Å²) in [6, 6.07) is 0. The summed E-state index contributed by atoms with van der Waals surface area (Å²) in [5.74, 6) is -1.22. The zero-order chi connectivity index (χ0) is 9.42. The molecule has 13 heavy (non-hydrogen) atoms. The average Bonchev–Trinajstić information content (AvgIpc) is 2.49. The molecule has 4 nitrogen and oxygen atoms in total. The van der Waals surface area contributed by atoms with E-state index in [4.69, 9.17) is 5.11 Å². The van der Waals surface area contributed by atoms with E-state index >= 15 is 0 Å². The molecule has 0 spiro atoms. The van der Waals surface area contributed by atoms with Gasteiger partial charge in [0.25, 0.3) is 0 Å². The summed E-state index contributed by atoms with van der Waals surface area (Å²) in [6.45, 7) is 1.38. The highest BCUT2D eigenvalue weighted by molar-refractivity contribution is 7.09. The smallest absolute Gasteiger partial charge is 0.313 e. The van der Waals surface area contributed by atoms with Gasteiger partial charge < -0.3 is 5.11 Å². The Balaban J connectivity index is 2.38. The van der Waals surface area contributed by atoms with E-state index in [1.54, 1.807) is 5.51 Å². The topological polar surface area (TPSA) is 53.4 Å². The predicted molar refractivity (Wildman–Crippen MR) is 48.8 cm³/mol. The van der Waals surface area contributed by atoms with E-state index in [0.717, 1.165) is 17.1 Å². The summed E-state index contributed by atoms with van der Waals surface area (Å²) in [5.41, 5.74) is 2.48. The number of aromatic nitrogens is 1. The molecule has 1 unspecified atom stereocenters. The molecule has 0 saturated heterocycles. The standard InChI is InChI=1S/C8H10N2O2S/c1-10-2-5(8(11)12)7-6(3-10)13-4-9-7/h4-5H,2-3H2,1H3,(H,11,12). The molecule has 2 rings (SSSR count). The summed E-state index contributed by atoms with van der Waals surface area (Å²) < 4.78 is 0. The summed E-state index contributed by atoms with van der Waals surface area (Å²) in [5, 5.41) is 8.96. The number of likely N-dealkylation sites (N-methyl/N-ethyl adjacent to an activating group) is 1. The second-order valence-electron chi connectivity index (χ2n) is 3.25. The SMILES string of the molecule is CN1Cc2scnc2C(C(=O)O)C1. The van der Waals surface area contributed by atoms with Crippen LogP contribution in [0.4, 0.5) is 0 Å². The van der Waals surface area contributed by atoms with Crippen LogP contribution < -0.4 is 0 Å². The number of thiazole rings is 1. The molecule has 5 heteroatoms. The number of fused-ring (bicyclic) bond motifs is 1. The lowest BCUT2D eigenvalue weighted by molar-refractivity contribution is -0.139. The van der Waals surface area contributed by atoms with Crippen LogP contribution in [-0.4, -0.2) is 34.6 Å². The van der Waals surface area contributed by atoms with E-state index < -0.39 is 11.9 Å². The molecule has 0 amide bonds. The normalized spacial score (nSPS) is 22.7. The van der Waals surface area contributed by atoms with Crippen LogP contribution in [-0.2, 0) is 11.3 Å². The molecule has 1 aliphatic heterocycles. The van der Waals surface area contributed by atoms with Gasteiger partial charge in [-0.3, -0.25) is 9.69 Å². The molecule has 1 atom stereocenters. The number of hydrogen-bond donors (Lipinski definition) is 1. The van der Waals surface area contributed by atoms with Crippen molar-refractivity contribution in [2.24, 2.45) is 0 Å². The quantitative estimate of drug-likeness (QED) is 0.723. The van der Waals surface area contributed by atoms with Crippen LogP contribution in [0.1, 0.15) is 16.5 Å². The number of carbonyl (C=O) groups is 1. The summed E-state index contributed by atoms with van der Waals surface area (Å²) in [4.78, 5) is 18.1. The third-order valence-corrected chi connectivity index (χ3v) is 3.04. The molecular weight excluding hydrogens is 188 g/mol. The first kappa shape index (κ1) is 8.65. The third kappa shape index (κ3) is 1.45. The van der Waals surface area contributed by atoms with Crippen molar-refractivity contribution < 1.29 is 9.90 Å². The van der Waals surface area contributed by atoms with Crippen molar-refractivity contribution in [3.63, 3.8) is 0 Å². The van der Waals surface area contributed by atoms with Gasteiger partial charge in [0.15, 0.2) is 0 Å². The Morgan fingerprint density at radius 3 is 3.31 bits per heavy atom. The van der Waals surface area contributed by atoms with Crippen LogP contribution in [0, 0.1) is 0 Å². The van der Waals surface area contributed by atoms with Gasteiger partial charge in [0.05, 0.1) is 11.2 Å². The van der Waals surface area contributed by atoms with Crippen molar-refractivity contribution in [2.75, 3.05) is 13.6 Å². The summed E-state index contributed by atoms with van der Waals surface area (Å²) >= 11 is 1.53. The van der Waals surface area contributed by atoms with E-state index in [1.165, 1.54) is 11.3 Å². The van der Waals surface area contributed by atoms with E-state index in [1.807, 2.05) is 11.9 Å². The van der Waals surface area contributed by atoms with E-state index in [2.05, 4.69) is 4.98 Å². The first-order chi connectivity index (χ1) is 6.18. The molecule has 2 heterocycles. The Hall–Kier alpha value is -0.940. The highest BCUT2D eigenvalue weighted by Gasteiger charge is 2.30. The third-order valence-electron chi connectivity index (χ3n) is 2.21. The van der Waals surface area contributed by atoms with E-state index in [9.17, 15) is 4.79 Å². The molecule has 1 N–H and O–H groups in total. The molecule has 1 aliphatic rings. The molecule has 0 bridgehead atoms. The van der Waals surface area contributed by atoms with Crippen molar-refractivity contribution in [2.45, 2.75) is 12.5 Å². The second kappa shape index (κ2) is 3.08. The Bertz CT molecular complexity index is 337. The van der Waals surface area contributed by atoms with Crippen LogP contribution in [0.25, 0.3) is 0 Å². The molecule has 70 valence electrons. The zero-order valence-electron chi connectivity index (χ0n) is 7.23. The zero-order valence-corrected chi connectivity index (χ0v) is 8.04. The Kier molecular flexibility index (Phi) is 2.05. The van der Waals surface area contributed by atoms with Gasteiger partial charge in [0, 0.05) is 18.0 Å². The minimum absolute atomic E-state index is 0.444. The van der Waals surface area contributed by atoms with Crippen molar-refractivity contribution in [3.05, 3.63) is 16.1 Å². The van der Waals surface area contributed by atoms with Gasteiger partial charge in [0.2, 0.25) is 0 Å². The van der Waals surface area contributed by atoms with E-state index in [-0.39, 0.29) is 0 Å². The fourth-order valence-corrected chi connectivity index (χ4v) is 2.49. The van der Waals surface area contributed by atoms with Crippen molar-refractivity contribution in [3.8, 4) is 0 Å². The molecule has 0 aliphatic carbocycles. The van der Waals surface area contributed by atoms with Crippen molar-refractivity contribution in [1.82, 2.24) is 9.88 Å². The Labute approximate surface area is 79.8 Å². The van der Waals surface area contributed by atoms with Gasteiger partial charge in [-0.15, -0.1) is 11.3 Å². The van der Waals surface area contributed by atoms with Crippen molar-refractivity contribution in [1.29, 1.82) is 0 Å². The minimum atomic E-state index is -0.779. The predicted octanol–water partition coefficient (Wildman–Crippen LogP) is 0.757. The maximum atomic E-state index is 10.9. The summed E-state index contributed by atoms with van der Waals surface area (Å²) in [7, 11) is 1.93. The highest BCUT2D eigenvalue weighted by atomic mass is 32.1. The van der Waals surface area contributed by atoms with Gasteiger partial charge >= 0.3 is 5.97 Å². The highest BCUT2D eigenvalue weighted by Crippen LogP contribution is 2.29. The summed E-state index contributed by atoms with van der Waals surface area (Å²) in [6.07, 6.45) is 0. The van der Waals surface area contributed by atoms with Crippen LogP contribution in [0.2, 0.25) is 0 Å². The van der Waals surface area contributed by atoms with E-state index in [0.29, 0.717) is 6.54 Å². The second-order valence-corrected chi connectivity index (χ2v) is 4.19. The monoisotopic (exact) mass is 198 g/mol. The molecule has 0 radical (unpaired) electrons. The van der Waals surface area contributed by atoms with Crippen LogP contribution in [0.3, 0.4) is 0 Å². The number of rotatable bonds is 1. The lowest BCUT2D eigenvalue weighted by atomic mass is 10.0. The first-order valence-corrected chi connectivity index (χ1v) is 4.90. The largest absolute Gasteiger partial charge is 0.481 e. The molecule has 0 saturated carbocycles. The number of aliphatic carboxylic acids is 1. The van der Waals surface area contributed by atoms with Gasteiger partial charge in [0.1, 0.15) is 5.92 Å². The van der Waals surface area contributed by atoms with Crippen LogP contribution in [0.15, 0.2) is 5.51 Å². The number of hydrogen-bond acceptors (Lipinski definition) is 4. The number of nitrogens with zero attached hydrogens (tertiary/aromatic N) is 2. The Morgan fingerprint density at radius 1 is 1.85 bits per heavy atom. The minimum Gasteiger partial charge on any atom is -0.481 e. The maximum absolute atomic E-state index is 10.9. The molecular formula is C8H10N2O2S. The Morgan fingerprint density at radius 2 is 2.62 bits per heavy atom. The fraction of sp³-hybridized carbons (Fsp3) is 0.500. The average molecular weight is 198 g/mol. The van der Waals surface area contributed by atoms with Gasteiger partial charge in [-0.1, -0.05) is 0 Å².